The number of rotatable bonds is 11. The van der Waals surface area contributed by atoms with Gasteiger partial charge in [0.25, 0.3) is 0 Å². The molecule has 1 nitrogen and oxygen atoms in total. The first-order valence-electron chi connectivity index (χ1n) is 9.01. The zero-order chi connectivity index (χ0) is 14.8. The van der Waals surface area contributed by atoms with Crippen LogP contribution in [0, 0.1) is 11.8 Å². The number of alkyl halides is 1. The topological polar surface area (TPSA) is 3.24 Å². The molecule has 1 rings (SSSR count). The fourth-order valence-electron chi connectivity index (χ4n) is 3.67. The van der Waals surface area contributed by atoms with E-state index in [2.05, 4.69) is 25.8 Å². The van der Waals surface area contributed by atoms with Crippen LogP contribution in [0.5, 0.6) is 0 Å². The van der Waals surface area contributed by atoms with E-state index in [9.17, 15) is 4.39 Å². The summed E-state index contributed by atoms with van der Waals surface area (Å²) in [6.07, 6.45) is 12.5. The number of halogens is 1. The third-order valence-electron chi connectivity index (χ3n) is 4.94. The molecule has 0 aromatic rings. The lowest BCUT2D eigenvalue weighted by molar-refractivity contribution is 0.190. The lowest BCUT2D eigenvalue weighted by Crippen LogP contribution is -2.24. The molecule has 2 atom stereocenters. The number of hydrogen-bond acceptors (Lipinski definition) is 1. The first-order valence-corrected chi connectivity index (χ1v) is 9.01. The van der Waals surface area contributed by atoms with Gasteiger partial charge in [0.05, 0.1) is 0 Å². The number of unbranched alkanes of at least 4 members (excludes halogenated alkanes) is 6. The van der Waals surface area contributed by atoms with Crippen molar-refractivity contribution in [2.45, 2.75) is 84.2 Å². The maximum atomic E-state index is 14.2. The third kappa shape index (κ3) is 6.56. The van der Waals surface area contributed by atoms with E-state index in [4.69, 9.17) is 0 Å². The summed E-state index contributed by atoms with van der Waals surface area (Å²) >= 11 is 0. The standard InChI is InChI=1S/C18H36FN/c1-4-6-8-10-12-16(13-11-9-7-5-2)17-14-20(3)15-18(17)19/h16-18H,4-15H2,1-3H3/t17?,18-/m1/s1. The van der Waals surface area contributed by atoms with Crippen LogP contribution in [0.4, 0.5) is 4.39 Å². The second-order valence-electron chi connectivity index (χ2n) is 6.86. The van der Waals surface area contributed by atoms with Crippen LogP contribution in [0.2, 0.25) is 0 Å². The number of likely N-dealkylation sites (tertiary alicyclic amines) is 1. The quantitative estimate of drug-likeness (QED) is 0.457. The Morgan fingerprint density at radius 1 is 0.900 bits per heavy atom. The van der Waals surface area contributed by atoms with Crippen LogP contribution in [0.1, 0.15) is 78.1 Å². The highest BCUT2D eigenvalue weighted by molar-refractivity contribution is 4.87. The van der Waals surface area contributed by atoms with Crippen LogP contribution < -0.4 is 0 Å². The Kier molecular flexibility index (Phi) is 9.50. The monoisotopic (exact) mass is 285 g/mol. The molecular formula is C18H36FN. The predicted molar refractivity (Wildman–Crippen MR) is 86.9 cm³/mol. The van der Waals surface area contributed by atoms with Crippen LogP contribution in [0.25, 0.3) is 0 Å². The lowest BCUT2D eigenvalue weighted by atomic mass is 9.82. The summed E-state index contributed by atoms with van der Waals surface area (Å²) in [7, 11) is 2.07. The van der Waals surface area contributed by atoms with Crippen molar-refractivity contribution in [2.75, 3.05) is 20.1 Å². The first kappa shape index (κ1) is 17.9. The highest BCUT2D eigenvalue weighted by atomic mass is 19.1. The summed E-state index contributed by atoms with van der Waals surface area (Å²) in [6.45, 7) is 6.15. The Bertz CT molecular complexity index is 219. The third-order valence-corrected chi connectivity index (χ3v) is 4.94. The van der Waals surface area contributed by atoms with Gasteiger partial charge >= 0.3 is 0 Å². The minimum Gasteiger partial charge on any atom is -0.303 e. The van der Waals surface area contributed by atoms with Gasteiger partial charge in [0.15, 0.2) is 0 Å². The van der Waals surface area contributed by atoms with Crippen molar-refractivity contribution in [3.63, 3.8) is 0 Å². The van der Waals surface area contributed by atoms with E-state index in [1.165, 1.54) is 64.2 Å². The van der Waals surface area contributed by atoms with Crippen molar-refractivity contribution >= 4 is 0 Å². The lowest BCUT2D eigenvalue weighted by Gasteiger charge is -2.25. The maximum Gasteiger partial charge on any atom is 0.117 e. The van der Waals surface area contributed by atoms with Gasteiger partial charge in [0.2, 0.25) is 0 Å². The molecule has 120 valence electrons. The summed E-state index contributed by atoms with van der Waals surface area (Å²) in [4.78, 5) is 2.18. The summed E-state index contributed by atoms with van der Waals surface area (Å²) in [5.41, 5.74) is 0. The molecule has 0 aliphatic carbocycles. The van der Waals surface area contributed by atoms with E-state index in [1.807, 2.05) is 0 Å². The molecule has 2 heteroatoms. The molecule has 1 saturated heterocycles. The molecule has 1 aliphatic rings. The number of nitrogens with zero attached hydrogens (tertiary/aromatic N) is 1. The van der Waals surface area contributed by atoms with Gasteiger partial charge in [-0.3, -0.25) is 0 Å². The van der Waals surface area contributed by atoms with Gasteiger partial charge in [0, 0.05) is 19.0 Å². The first-order chi connectivity index (χ1) is 9.69. The fourth-order valence-corrected chi connectivity index (χ4v) is 3.67. The van der Waals surface area contributed by atoms with Crippen LogP contribution in [0.3, 0.4) is 0 Å². The van der Waals surface area contributed by atoms with E-state index >= 15 is 0 Å². The SMILES string of the molecule is CCCCCCC(CCCCCC)C1CN(C)C[C@H]1F. The van der Waals surface area contributed by atoms with Crippen molar-refractivity contribution in [2.24, 2.45) is 11.8 Å². The molecule has 0 aromatic heterocycles. The summed E-state index contributed by atoms with van der Waals surface area (Å²) in [5.74, 6) is 0.937. The molecule has 1 fully saturated rings. The average molecular weight is 285 g/mol. The minimum atomic E-state index is -0.581. The maximum absolute atomic E-state index is 14.2. The van der Waals surface area contributed by atoms with Crippen molar-refractivity contribution in [1.29, 1.82) is 0 Å². The van der Waals surface area contributed by atoms with Gasteiger partial charge in [-0.05, 0) is 13.0 Å². The van der Waals surface area contributed by atoms with Crippen molar-refractivity contribution in [3.05, 3.63) is 0 Å². The van der Waals surface area contributed by atoms with E-state index in [1.54, 1.807) is 0 Å². The van der Waals surface area contributed by atoms with Crippen LogP contribution in [-0.4, -0.2) is 31.2 Å². The zero-order valence-electron chi connectivity index (χ0n) is 14.0. The molecule has 0 N–H and O–H groups in total. The van der Waals surface area contributed by atoms with E-state index in [0.717, 1.165) is 6.54 Å². The number of hydrogen-bond donors (Lipinski definition) is 0. The van der Waals surface area contributed by atoms with Gasteiger partial charge in [-0.15, -0.1) is 0 Å². The molecule has 0 spiro atoms. The van der Waals surface area contributed by atoms with Gasteiger partial charge in [0.1, 0.15) is 6.17 Å². The Balaban J connectivity index is 2.37. The highest BCUT2D eigenvalue weighted by Crippen LogP contribution is 2.33. The highest BCUT2D eigenvalue weighted by Gasteiger charge is 2.35. The Morgan fingerprint density at radius 3 is 1.85 bits per heavy atom. The van der Waals surface area contributed by atoms with Crippen molar-refractivity contribution in [1.82, 2.24) is 4.90 Å². The molecule has 1 aliphatic heterocycles. The molecular weight excluding hydrogens is 249 g/mol. The average Bonchev–Trinajstić information content (AvgIpc) is 2.76. The second kappa shape index (κ2) is 10.6. The van der Waals surface area contributed by atoms with Crippen molar-refractivity contribution in [3.8, 4) is 0 Å². The van der Waals surface area contributed by atoms with Crippen LogP contribution in [-0.2, 0) is 0 Å². The molecule has 1 heterocycles. The Hall–Kier alpha value is -0.110. The Morgan fingerprint density at radius 2 is 1.45 bits per heavy atom. The van der Waals surface area contributed by atoms with Crippen molar-refractivity contribution < 1.29 is 4.39 Å². The molecule has 0 saturated carbocycles. The molecule has 0 aromatic carbocycles. The smallest absolute Gasteiger partial charge is 0.117 e. The van der Waals surface area contributed by atoms with E-state index < -0.39 is 6.17 Å². The van der Waals surface area contributed by atoms with Gasteiger partial charge in [-0.25, -0.2) is 4.39 Å². The van der Waals surface area contributed by atoms with E-state index in [-0.39, 0.29) is 0 Å². The molecule has 20 heavy (non-hydrogen) atoms. The van der Waals surface area contributed by atoms with Gasteiger partial charge in [-0.1, -0.05) is 78.1 Å². The predicted octanol–water partition coefficient (Wildman–Crippen LogP) is 5.44. The Labute approximate surface area is 126 Å². The second-order valence-corrected chi connectivity index (χ2v) is 6.86. The minimum absolute atomic E-state index is 0.309. The molecule has 0 bridgehead atoms. The van der Waals surface area contributed by atoms with E-state index in [0.29, 0.717) is 18.4 Å². The summed E-state index contributed by atoms with van der Waals surface area (Å²) in [6, 6.07) is 0. The molecule has 0 amide bonds. The van der Waals surface area contributed by atoms with Crippen LogP contribution in [0.15, 0.2) is 0 Å². The van der Waals surface area contributed by atoms with Crippen LogP contribution >= 0.6 is 0 Å². The fraction of sp³-hybridized carbons (Fsp3) is 1.00. The summed E-state index contributed by atoms with van der Waals surface area (Å²) in [5, 5.41) is 0. The van der Waals surface area contributed by atoms with Gasteiger partial charge < -0.3 is 4.90 Å². The summed E-state index contributed by atoms with van der Waals surface area (Å²) < 4.78 is 14.2. The normalized spacial score (nSPS) is 23.9. The molecule has 0 radical (unpaired) electrons. The van der Waals surface area contributed by atoms with Gasteiger partial charge in [-0.2, -0.15) is 0 Å². The largest absolute Gasteiger partial charge is 0.303 e. The molecule has 1 unspecified atom stereocenters. The zero-order valence-corrected chi connectivity index (χ0v) is 14.0.